The molecule has 0 saturated carbocycles. The summed E-state index contributed by atoms with van der Waals surface area (Å²) >= 11 is 5.68. The fraction of sp³-hybridized carbons (Fsp3) is 0.455. The molecule has 40 heavy (non-hydrogen) atoms. The van der Waals surface area contributed by atoms with Crippen LogP contribution >= 0.6 is 46.1 Å². The minimum Gasteiger partial charge on any atom is -0.340 e. The van der Waals surface area contributed by atoms with Crippen LogP contribution in [-0.2, 0) is 0 Å². The van der Waals surface area contributed by atoms with Crippen LogP contribution in [0.25, 0.3) is 0 Å². The maximum Gasteiger partial charge on any atom is 0.223 e. The maximum atomic E-state index is 4.60. The zero-order valence-corrected chi connectivity index (χ0v) is 27.2. The van der Waals surface area contributed by atoms with E-state index in [2.05, 4.69) is 67.4 Å². The van der Waals surface area contributed by atoms with E-state index in [1.54, 1.807) is 33.9 Å². The minimum atomic E-state index is 0.623. The number of aromatic nitrogens is 12. The summed E-state index contributed by atoms with van der Waals surface area (Å²) in [5, 5.41) is 21.1. The SMILES string of the molecule is Cc1cnns1.Cc1csnn1.Cc1nnsc1C.Cc1noc(C)n1.Cc1noc(C)n1.Cc1nsc(C)n1. The van der Waals surface area contributed by atoms with Gasteiger partial charge in [-0.3, -0.25) is 0 Å². The molecule has 6 rings (SSSR count). The lowest BCUT2D eigenvalue weighted by atomic mass is 10.4. The van der Waals surface area contributed by atoms with E-state index in [9.17, 15) is 0 Å². The van der Waals surface area contributed by atoms with Gasteiger partial charge in [0.2, 0.25) is 11.8 Å². The van der Waals surface area contributed by atoms with Gasteiger partial charge in [-0.1, -0.05) is 23.8 Å². The van der Waals surface area contributed by atoms with Crippen molar-refractivity contribution in [2.75, 3.05) is 0 Å². The van der Waals surface area contributed by atoms with Gasteiger partial charge in [0, 0.05) is 29.0 Å². The molecule has 0 spiro atoms. The Morgan fingerprint density at radius 1 is 0.625 bits per heavy atom. The second-order valence-electron chi connectivity index (χ2n) is 7.57. The lowest BCUT2D eigenvalue weighted by Crippen LogP contribution is -1.70. The highest BCUT2D eigenvalue weighted by atomic mass is 32.1. The number of rotatable bonds is 0. The molecular weight excluding hydrogens is 593 g/mol. The van der Waals surface area contributed by atoms with E-state index in [1.165, 1.54) is 51.0 Å². The summed E-state index contributed by atoms with van der Waals surface area (Å²) in [6, 6.07) is 0. The van der Waals surface area contributed by atoms with Crippen molar-refractivity contribution in [3.8, 4) is 0 Å². The average Bonchev–Trinajstić information content (AvgIpc) is 3.75. The third-order valence-corrected chi connectivity index (χ3v) is 6.34. The molecule has 6 aromatic rings. The van der Waals surface area contributed by atoms with Crippen molar-refractivity contribution in [2.45, 2.75) is 69.2 Å². The zero-order chi connectivity index (χ0) is 29.9. The van der Waals surface area contributed by atoms with E-state index in [0.717, 1.165) is 27.1 Å². The lowest BCUT2D eigenvalue weighted by Gasteiger charge is -1.74. The Morgan fingerprint density at radius 3 is 1.38 bits per heavy atom. The van der Waals surface area contributed by atoms with Crippen LogP contribution < -0.4 is 0 Å². The predicted molar refractivity (Wildman–Crippen MR) is 156 cm³/mol. The number of hydrogen-bond donors (Lipinski definition) is 0. The molecule has 0 fully saturated rings. The monoisotopic (exact) mass is 624 g/mol. The third-order valence-electron chi connectivity index (χ3n) is 3.71. The summed E-state index contributed by atoms with van der Waals surface area (Å²) in [5.74, 6) is 3.51. The molecule has 0 bridgehead atoms. The van der Waals surface area contributed by atoms with Crippen molar-refractivity contribution in [1.29, 1.82) is 0 Å². The minimum absolute atomic E-state index is 0.623. The first-order valence-electron chi connectivity index (χ1n) is 11.5. The Hall–Kier alpha value is -3.48. The molecule has 14 nitrogen and oxygen atoms in total. The van der Waals surface area contributed by atoms with E-state index in [0.29, 0.717) is 23.4 Å². The van der Waals surface area contributed by atoms with Crippen LogP contribution in [0.4, 0.5) is 0 Å². The van der Waals surface area contributed by atoms with Gasteiger partial charge >= 0.3 is 0 Å². The summed E-state index contributed by atoms with van der Waals surface area (Å²) in [6.07, 6.45) is 1.74. The largest absolute Gasteiger partial charge is 0.340 e. The Labute approximate surface area is 249 Å². The Kier molecular flexibility index (Phi) is 16.9. The van der Waals surface area contributed by atoms with Gasteiger partial charge in [0.15, 0.2) is 11.6 Å². The third kappa shape index (κ3) is 17.2. The standard InChI is InChI=1S/2C4H6N2O.2C4H6N2S.2C3H4N2S/c3*1-3-5-4(2)7-6-3;1-3-4(2)7-6-5-3;1-3-2-6-5-4-3;1-3-2-4-5-6-3/h4*1-2H3;2*2H,1H3. The maximum absolute atomic E-state index is 4.60. The molecule has 0 saturated heterocycles. The van der Waals surface area contributed by atoms with E-state index in [-0.39, 0.29) is 0 Å². The van der Waals surface area contributed by atoms with Crippen molar-refractivity contribution in [3.63, 3.8) is 0 Å². The van der Waals surface area contributed by atoms with Crippen molar-refractivity contribution >= 4 is 46.1 Å². The molecule has 0 atom stereocenters. The molecule has 0 radical (unpaired) electrons. The molecule has 0 aliphatic carbocycles. The zero-order valence-electron chi connectivity index (χ0n) is 24.0. The summed E-state index contributed by atoms with van der Waals surface area (Å²) in [5.41, 5.74) is 2.05. The summed E-state index contributed by atoms with van der Waals surface area (Å²) in [6.45, 7) is 18.8. The highest BCUT2D eigenvalue weighted by molar-refractivity contribution is 7.05. The quantitative estimate of drug-likeness (QED) is 0.210. The van der Waals surface area contributed by atoms with Gasteiger partial charge < -0.3 is 9.05 Å². The van der Waals surface area contributed by atoms with E-state index < -0.39 is 0 Å². The number of aryl methyl sites for hydroxylation is 10. The molecule has 6 aromatic heterocycles. The van der Waals surface area contributed by atoms with Crippen LogP contribution in [0.1, 0.15) is 55.4 Å². The van der Waals surface area contributed by atoms with Crippen molar-refractivity contribution in [1.82, 2.24) is 58.4 Å². The highest BCUT2D eigenvalue weighted by Crippen LogP contribution is 2.04. The van der Waals surface area contributed by atoms with Gasteiger partial charge in [0.05, 0.1) is 17.6 Å². The van der Waals surface area contributed by atoms with Crippen LogP contribution in [0.5, 0.6) is 0 Å². The van der Waals surface area contributed by atoms with E-state index >= 15 is 0 Å². The molecule has 6 heterocycles. The average molecular weight is 625 g/mol. The Balaban J connectivity index is 0.000000240. The van der Waals surface area contributed by atoms with Gasteiger partial charge in [-0.15, -0.1) is 15.3 Å². The first-order chi connectivity index (χ1) is 19.0. The fourth-order valence-corrected chi connectivity index (χ4v) is 3.59. The predicted octanol–water partition coefficient (Wildman–Crippen LogP) is 5.38. The topological polar surface area (TPSA) is 181 Å². The van der Waals surface area contributed by atoms with Crippen molar-refractivity contribution in [2.24, 2.45) is 0 Å². The van der Waals surface area contributed by atoms with Gasteiger partial charge in [-0.05, 0) is 102 Å². The molecule has 0 aromatic carbocycles. The molecule has 216 valence electrons. The fourth-order valence-electron chi connectivity index (χ4n) is 1.91. The normalized spacial score (nSPS) is 9.25. The first kappa shape index (κ1) is 34.5. The summed E-state index contributed by atoms with van der Waals surface area (Å²) < 4.78 is 24.1. The molecule has 0 amide bonds. The molecule has 18 heteroatoms. The second kappa shape index (κ2) is 19.6. The van der Waals surface area contributed by atoms with E-state index in [4.69, 9.17) is 0 Å². The smallest absolute Gasteiger partial charge is 0.223 e. The Morgan fingerprint density at radius 2 is 1.25 bits per heavy atom. The molecule has 0 aliphatic heterocycles. The first-order valence-corrected chi connectivity index (χ1v) is 14.7. The van der Waals surface area contributed by atoms with Crippen molar-refractivity contribution in [3.05, 3.63) is 67.0 Å². The van der Waals surface area contributed by atoms with Crippen LogP contribution in [0.3, 0.4) is 0 Å². The molecular formula is C22H32N12O2S4. The number of hydrogen-bond acceptors (Lipinski definition) is 18. The van der Waals surface area contributed by atoms with Crippen LogP contribution in [-0.4, -0.2) is 58.4 Å². The van der Waals surface area contributed by atoms with E-state index in [1.807, 2.05) is 46.9 Å². The van der Waals surface area contributed by atoms with Gasteiger partial charge in [0.25, 0.3) is 0 Å². The van der Waals surface area contributed by atoms with Crippen LogP contribution in [0.2, 0.25) is 0 Å². The summed E-state index contributed by atoms with van der Waals surface area (Å²) in [4.78, 5) is 14.1. The second-order valence-corrected chi connectivity index (χ2v) is 11.1. The molecule has 0 aliphatic rings. The highest BCUT2D eigenvalue weighted by Gasteiger charge is 1.92. The molecule has 0 unspecified atom stereocenters. The van der Waals surface area contributed by atoms with Crippen LogP contribution in [0.15, 0.2) is 20.6 Å². The molecule has 0 N–H and O–H groups in total. The summed E-state index contributed by atoms with van der Waals surface area (Å²) in [7, 11) is 0. The Bertz CT molecular complexity index is 1240. The number of nitrogens with zero attached hydrogens (tertiary/aromatic N) is 12. The van der Waals surface area contributed by atoms with Gasteiger partial charge in [0.1, 0.15) is 10.8 Å². The lowest BCUT2D eigenvalue weighted by molar-refractivity contribution is 0.389. The van der Waals surface area contributed by atoms with Crippen LogP contribution in [0, 0.1) is 69.2 Å². The van der Waals surface area contributed by atoms with Gasteiger partial charge in [-0.25, -0.2) is 4.98 Å². The van der Waals surface area contributed by atoms with Gasteiger partial charge in [-0.2, -0.15) is 14.3 Å². The van der Waals surface area contributed by atoms with Crippen molar-refractivity contribution < 1.29 is 9.05 Å².